The van der Waals surface area contributed by atoms with E-state index in [1.165, 1.54) is 18.2 Å². The van der Waals surface area contributed by atoms with Gasteiger partial charge in [0, 0.05) is 52.6 Å². The summed E-state index contributed by atoms with van der Waals surface area (Å²) in [6.45, 7) is 18.9. The summed E-state index contributed by atoms with van der Waals surface area (Å²) < 4.78 is 66.6. The molecule has 4 aromatic rings. The predicted octanol–water partition coefficient (Wildman–Crippen LogP) is 9.65. The summed E-state index contributed by atoms with van der Waals surface area (Å²) in [4.78, 5) is 27.3. The first kappa shape index (κ1) is 56.9. The number of amides is 2. The zero-order valence-electron chi connectivity index (χ0n) is 42.8. The summed E-state index contributed by atoms with van der Waals surface area (Å²) in [5.41, 5.74) is -1.11. The lowest BCUT2D eigenvalue weighted by molar-refractivity contribution is -0.164. The monoisotopic (exact) mass is 1050 g/mol. The Kier molecular flexibility index (Phi) is 19.3. The average molecular weight is 1050 g/mol. The van der Waals surface area contributed by atoms with Crippen LogP contribution in [0.1, 0.15) is 93.4 Å². The van der Waals surface area contributed by atoms with Crippen LogP contribution in [-0.2, 0) is 29.2 Å². The summed E-state index contributed by atoms with van der Waals surface area (Å²) in [6.07, 6.45) is 0.171. The van der Waals surface area contributed by atoms with Crippen molar-refractivity contribution < 1.29 is 46.8 Å². The molecule has 0 aromatic heterocycles. The molecule has 3 N–H and O–H groups in total. The van der Waals surface area contributed by atoms with Crippen molar-refractivity contribution in [3.8, 4) is 23.6 Å². The quantitative estimate of drug-likeness (QED) is 0.0571. The number of ether oxygens (including phenoxy) is 6. The maximum absolute atomic E-state index is 16.0. The van der Waals surface area contributed by atoms with Gasteiger partial charge in [-0.05, 0) is 78.4 Å². The number of nitriles is 2. The molecule has 6 rings (SSSR count). The summed E-state index contributed by atoms with van der Waals surface area (Å²) >= 11 is 12.5. The number of hydrogen-bond donors (Lipinski definition) is 3. The van der Waals surface area contributed by atoms with E-state index in [1.54, 1.807) is 67.6 Å². The second-order valence-electron chi connectivity index (χ2n) is 21.0. The lowest BCUT2D eigenvalue weighted by atomic mass is 9.49. The van der Waals surface area contributed by atoms with E-state index in [1.807, 2.05) is 20.8 Å². The van der Waals surface area contributed by atoms with Gasteiger partial charge in [0.15, 0.2) is 0 Å². The first-order valence-electron chi connectivity index (χ1n) is 24.5. The Hall–Kier alpha value is -5.36. The molecule has 4 atom stereocenters. The third-order valence-electron chi connectivity index (χ3n) is 13.6. The van der Waals surface area contributed by atoms with Gasteiger partial charge in [-0.1, -0.05) is 95.9 Å². The van der Waals surface area contributed by atoms with Crippen molar-refractivity contribution in [3.05, 3.63) is 128 Å². The number of benzene rings is 4. The number of hydrogen-bond acceptors (Lipinski definition) is 11. The van der Waals surface area contributed by atoms with Gasteiger partial charge in [-0.15, -0.1) is 0 Å². The standard InChI is InChI=1S/C56H67Cl2F2N5O8/c1-35-12-19-41(44(59)30-35)56(34-62)45(32-53(2,3)4)64-48(46(56)40-10-9-11-42(57)47(40)60)50(67)63-20-21-68-22-23-69-24-25-70-26-27-71-28-29-72-38-16-13-36(14-17-38)49(66)65-51-54(5,6)52(55(51,7)8)73-39-18-15-37(33-61)43(58)31-39/h9-19,30-31,45-46,48,51-52,64H,20-29,32H2,1-8H3,(H,63,67)(H,65,66)/t45-,46-,48+,51-,52-,56-/m0/s1. The summed E-state index contributed by atoms with van der Waals surface area (Å²) in [5.74, 6) is -2.00. The molecule has 1 saturated heterocycles. The van der Waals surface area contributed by atoms with Crippen molar-refractivity contribution in [3.63, 3.8) is 0 Å². The minimum atomic E-state index is -1.67. The smallest absolute Gasteiger partial charge is 0.251 e. The summed E-state index contributed by atoms with van der Waals surface area (Å²) in [6, 6.07) is 23.5. The van der Waals surface area contributed by atoms with Crippen LogP contribution in [0.25, 0.3) is 0 Å². The van der Waals surface area contributed by atoms with Crippen LogP contribution in [0, 0.1) is 57.5 Å². The molecule has 0 spiro atoms. The third kappa shape index (κ3) is 13.5. The molecule has 2 amide bonds. The molecule has 1 aliphatic carbocycles. The zero-order valence-corrected chi connectivity index (χ0v) is 44.4. The van der Waals surface area contributed by atoms with Gasteiger partial charge in [0.05, 0.1) is 80.6 Å². The number of carbonyl (C=O) groups excluding carboxylic acids is 2. The first-order chi connectivity index (χ1) is 34.6. The molecular weight excluding hydrogens is 980 g/mol. The van der Waals surface area contributed by atoms with Crippen LogP contribution >= 0.6 is 23.2 Å². The van der Waals surface area contributed by atoms with E-state index in [0.29, 0.717) is 85.9 Å². The molecule has 1 heterocycles. The fraction of sp³-hybridized carbons (Fsp3) is 0.500. The zero-order chi connectivity index (χ0) is 53.1. The van der Waals surface area contributed by atoms with Crippen molar-refractivity contribution in [2.45, 2.75) is 97.4 Å². The Labute approximate surface area is 438 Å². The van der Waals surface area contributed by atoms with Gasteiger partial charge in [-0.3, -0.25) is 9.59 Å². The van der Waals surface area contributed by atoms with E-state index < -0.39 is 41.0 Å². The molecule has 2 fully saturated rings. The molecule has 2 aliphatic rings. The second-order valence-corrected chi connectivity index (χ2v) is 21.8. The van der Waals surface area contributed by atoms with Crippen LogP contribution in [0.3, 0.4) is 0 Å². The molecule has 1 saturated carbocycles. The van der Waals surface area contributed by atoms with E-state index in [-0.39, 0.29) is 70.2 Å². The van der Waals surface area contributed by atoms with Crippen LogP contribution in [0.2, 0.25) is 10.0 Å². The highest BCUT2D eigenvalue weighted by atomic mass is 35.5. The van der Waals surface area contributed by atoms with E-state index in [0.717, 1.165) is 0 Å². The van der Waals surface area contributed by atoms with Gasteiger partial charge in [0.1, 0.15) is 47.3 Å². The van der Waals surface area contributed by atoms with Crippen LogP contribution in [0.5, 0.6) is 11.5 Å². The second kappa shape index (κ2) is 24.8. The Morgan fingerprint density at radius 1 is 0.767 bits per heavy atom. The average Bonchev–Trinajstić information content (AvgIpc) is 3.65. The predicted molar refractivity (Wildman–Crippen MR) is 275 cm³/mol. The van der Waals surface area contributed by atoms with Crippen LogP contribution < -0.4 is 25.4 Å². The minimum absolute atomic E-state index is 0.0488. The van der Waals surface area contributed by atoms with E-state index in [4.69, 9.17) is 51.6 Å². The molecule has 0 bridgehead atoms. The van der Waals surface area contributed by atoms with Gasteiger partial charge >= 0.3 is 0 Å². The summed E-state index contributed by atoms with van der Waals surface area (Å²) in [5, 5.41) is 29.8. The van der Waals surface area contributed by atoms with Crippen LogP contribution in [-0.4, -0.2) is 102 Å². The number of nitrogens with zero attached hydrogens (tertiary/aromatic N) is 2. The topological polar surface area (TPSA) is 173 Å². The lowest BCUT2D eigenvalue weighted by Gasteiger charge is -2.63. The Bertz CT molecular complexity index is 2620. The number of carbonyl (C=O) groups is 2. The normalized spacial score (nSPS) is 21.9. The molecular formula is C56H67Cl2F2N5O8. The Balaban J connectivity index is 0.840. The maximum atomic E-state index is 16.0. The molecule has 4 aromatic carbocycles. The minimum Gasteiger partial charge on any atom is -0.491 e. The molecule has 0 unspecified atom stereocenters. The third-order valence-corrected chi connectivity index (χ3v) is 14.2. The van der Waals surface area contributed by atoms with Crippen molar-refractivity contribution in [2.75, 3.05) is 66.0 Å². The molecule has 1 aliphatic heterocycles. The van der Waals surface area contributed by atoms with Gasteiger partial charge in [-0.25, -0.2) is 8.78 Å². The molecule has 17 heteroatoms. The highest BCUT2D eigenvalue weighted by molar-refractivity contribution is 6.32. The molecule has 73 heavy (non-hydrogen) atoms. The van der Waals surface area contributed by atoms with Crippen molar-refractivity contribution in [1.82, 2.24) is 16.0 Å². The van der Waals surface area contributed by atoms with Crippen LogP contribution in [0.15, 0.2) is 78.9 Å². The van der Waals surface area contributed by atoms with Crippen molar-refractivity contribution >= 4 is 35.0 Å². The number of nitrogens with one attached hydrogen (secondary N) is 3. The molecule has 0 radical (unpaired) electrons. The highest BCUT2D eigenvalue weighted by Crippen LogP contribution is 2.56. The van der Waals surface area contributed by atoms with Crippen molar-refractivity contribution in [1.29, 1.82) is 10.5 Å². The van der Waals surface area contributed by atoms with Gasteiger partial charge in [0.25, 0.3) is 5.91 Å². The maximum Gasteiger partial charge on any atom is 0.251 e. The number of aryl methyl sites for hydroxylation is 1. The largest absolute Gasteiger partial charge is 0.491 e. The van der Waals surface area contributed by atoms with Crippen molar-refractivity contribution in [2.24, 2.45) is 16.2 Å². The molecule has 392 valence electrons. The van der Waals surface area contributed by atoms with Gasteiger partial charge in [0.2, 0.25) is 5.91 Å². The lowest BCUT2D eigenvalue weighted by Crippen LogP contribution is -2.74. The van der Waals surface area contributed by atoms with E-state index >= 15 is 8.78 Å². The Morgan fingerprint density at radius 3 is 1.95 bits per heavy atom. The van der Waals surface area contributed by atoms with Gasteiger partial charge < -0.3 is 44.4 Å². The molecule has 13 nitrogen and oxygen atoms in total. The Morgan fingerprint density at radius 2 is 1.37 bits per heavy atom. The van der Waals surface area contributed by atoms with E-state index in [9.17, 15) is 20.1 Å². The fourth-order valence-electron chi connectivity index (χ4n) is 10.5. The highest BCUT2D eigenvalue weighted by Gasteiger charge is 2.64. The van der Waals surface area contributed by atoms with E-state index in [2.05, 4.69) is 55.8 Å². The van der Waals surface area contributed by atoms with Crippen LogP contribution in [0.4, 0.5) is 8.78 Å². The van der Waals surface area contributed by atoms with Gasteiger partial charge in [-0.2, -0.15) is 10.5 Å². The first-order valence-corrected chi connectivity index (χ1v) is 25.3. The fourth-order valence-corrected chi connectivity index (χ4v) is 10.9. The summed E-state index contributed by atoms with van der Waals surface area (Å²) in [7, 11) is 0. The SMILES string of the molecule is Cc1ccc([C@@]2(C#N)[C@H](CC(C)(C)C)N[C@@H](C(=O)NCCOCCOCCOCCOCCOc3ccc(C(=O)N[C@H]4C(C)(C)[C@H](Oc5ccc(C#N)c(Cl)c5)C4(C)C)cc3)[C@@H]2c2cccc(Cl)c2F)c(F)c1. The number of halogens is 4. The number of rotatable bonds is 24.